The molecule has 34 heavy (non-hydrogen) atoms. The fraction of sp³-hybridized carbons (Fsp3) is 0.667. The summed E-state index contributed by atoms with van der Waals surface area (Å²) in [5.41, 5.74) is 1.63. The summed E-state index contributed by atoms with van der Waals surface area (Å²) in [6.45, 7) is 21.1. The van der Waals surface area contributed by atoms with Crippen molar-refractivity contribution >= 4 is 17.9 Å². The molecule has 3 amide bonds. The second kappa shape index (κ2) is 11.7. The van der Waals surface area contributed by atoms with Crippen LogP contribution in [0.1, 0.15) is 91.5 Å². The first kappa shape index (κ1) is 29.5. The van der Waals surface area contributed by atoms with E-state index in [0.717, 1.165) is 16.7 Å². The van der Waals surface area contributed by atoms with Gasteiger partial charge >= 0.3 is 6.09 Å². The number of nitrogens with one attached hydrogen (secondary N) is 2. The molecule has 1 aromatic carbocycles. The lowest BCUT2D eigenvalue weighted by atomic mass is 9.94. The van der Waals surface area contributed by atoms with Gasteiger partial charge in [0.1, 0.15) is 17.7 Å². The molecule has 1 rings (SSSR count). The molecule has 0 heterocycles. The molecule has 0 saturated carbocycles. The highest BCUT2D eigenvalue weighted by Gasteiger charge is 2.38. The fourth-order valence-corrected chi connectivity index (χ4v) is 3.76. The topological polar surface area (TPSA) is 87.7 Å². The second-order valence-corrected chi connectivity index (χ2v) is 11.4. The van der Waals surface area contributed by atoms with Crippen molar-refractivity contribution < 1.29 is 19.1 Å². The normalized spacial score (nSPS) is 13.8. The standard InChI is InChI=1S/C27H45N3O4/c1-12-15-30(24(32)21(17(2)3)28-25(33)34-27(9,10)11)22(23(31)29-26(6,7)8)20-14-13-18(4)16-19(20)5/h13-14,16-17,21-22H,12,15H2,1-11H3,(H,28,33)(H,29,31). The van der Waals surface area contributed by atoms with Crippen LogP contribution in [-0.2, 0) is 14.3 Å². The van der Waals surface area contributed by atoms with Crippen molar-refractivity contribution in [3.63, 3.8) is 0 Å². The third-order valence-electron chi connectivity index (χ3n) is 5.13. The molecule has 0 aliphatic carbocycles. The van der Waals surface area contributed by atoms with Crippen LogP contribution in [-0.4, -0.2) is 46.5 Å². The van der Waals surface area contributed by atoms with Crippen molar-refractivity contribution in [2.24, 2.45) is 5.92 Å². The van der Waals surface area contributed by atoms with Crippen molar-refractivity contribution in [1.29, 1.82) is 0 Å². The van der Waals surface area contributed by atoms with Gasteiger partial charge in [-0.05, 0) is 78.9 Å². The molecule has 0 aliphatic rings. The first-order valence-corrected chi connectivity index (χ1v) is 12.2. The number of carbonyl (C=O) groups excluding carboxylic acids is 3. The Balaban J connectivity index is 3.51. The number of hydrogen-bond acceptors (Lipinski definition) is 4. The van der Waals surface area contributed by atoms with Gasteiger partial charge in [0.05, 0.1) is 0 Å². The molecule has 0 radical (unpaired) electrons. The van der Waals surface area contributed by atoms with Crippen LogP contribution in [0.4, 0.5) is 4.79 Å². The summed E-state index contributed by atoms with van der Waals surface area (Å²) in [6.07, 6.45) is 0.00548. The first-order valence-electron chi connectivity index (χ1n) is 12.2. The number of aryl methyl sites for hydroxylation is 2. The molecular formula is C27H45N3O4. The number of amides is 3. The minimum Gasteiger partial charge on any atom is -0.444 e. The number of nitrogens with zero attached hydrogens (tertiary/aromatic N) is 1. The van der Waals surface area contributed by atoms with E-state index in [1.807, 2.05) is 73.6 Å². The SMILES string of the molecule is CCCN(C(=O)C(NC(=O)OC(C)(C)C)C(C)C)C(C(=O)NC(C)(C)C)c1ccc(C)cc1C. The average molecular weight is 476 g/mol. The predicted octanol–water partition coefficient (Wildman–Crippen LogP) is 5.05. The summed E-state index contributed by atoms with van der Waals surface area (Å²) >= 11 is 0. The molecule has 2 unspecified atom stereocenters. The highest BCUT2D eigenvalue weighted by molar-refractivity contribution is 5.92. The third kappa shape index (κ3) is 8.99. The third-order valence-corrected chi connectivity index (χ3v) is 5.13. The van der Waals surface area contributed by atoms with Crippen LogP contribution in [0.25, 0.3) is 0 Å². The lowest BCUT2D eigenvalue weighted by molar-refractivity contribution is -0.144. The van der Waals surface area contributed by atoms with Crippen LogP contribution in [0.15, 0.2) is 18.2 Å². The van der Waals surface area contributed by atoms with Crippen LogP contribution < -0.4 is 10.6 Å². The van der Waals surface area contributed by atoms with E-state index in [2.05, 4.69) is 10.6 Å². The zero-order chi connectivity index (χ0) is 26.4. The van der Waals surface area contributed by atoms with Gasteiger partial charge in [-0.15, -0.1) is 0 Å². The molecule has 7 nitrogen and oxygen atoms in total. The lowest BCUT2D eigenvalue weighted by Crippen LogP contribution is -2.56. The minimum absolute atomic E-state index is 0.204. The monoisotopic (exact) mass is 475 g/mol. The second-order valence-electron chi connectivity index (χ2n) is 11.4. The zero-order valence-corrected chi connectivity index (χ0v) is 23.0. The lowest BCUT2D eigenvalue weighted by Gasteiger charge is -2.37. The molecule has 1 aromatic rings. The quantitative estimate of drug-likeness (QED) is 0.551. The summed E-state index contributed by atoms with van der Waals surface area (Å²) in [7, 11) is 0. The van der Waals surface area contributed by atoms with Crippen molar-refractivity contribution in [1.82, 2.24) is 15.5 Å². The van der Waals surface area contributed by atoms with E-state index in [1.165, 1.54) is 0 Å². The number of ether oxygens (including phenoxy) is 1. The van der Waals surface area contributed by atoms with Gasteiger partial charge in [-0.3, -0.25) is 9.59 Å². The van der Waals surface area contributed by atoms with Crippen LogP contribution in [0.5, 0.6) is 0 Å². The maximum Gasteiger partial charge on any atom is 0.408 e. The summed E-state index contributed by atoms with van der Waals surface area (Å²) in [5, 5.41) is 5.79. The van der Waals surface area contributed by atoms with E-state index < -0.39 is 29.3 Å². The molecule has 0 aromatic heterocycles. The molecular weight excluding hydrogens is 430 g/mol. The van der Waals surface area contributed by atoms with Crippen LogP contribution in [0.3, 0.4) is 0 Å². The molecule has 0 saturated heterocycles. The van der Waals surface area contributed by atoms with Crippen LogP contribution in [0, 0.1) is 19.8 Å². The number of rotatable bonds is 8. The molecule has 192 valence electrons. The fourth-order valence-electron chi connectivity index (χ4n) is 3.76. The van der Waals surface area contributed by atoms with Gasteiger partial charge in [0.2, 0.25) is 11.8 Å². The molecule has 0 aliphatic heterocycles. The van der Waals surface area contributed by atoms with E-state index in [-0.39, 0.29) is 17.7 Å². The molecule has 0 spiro atoms. The van der Waals surface area contributed by atoms with E-state index >= 15 is 0 Å². The number of benzene rings is 1. The van der Waals surface area contributed by atoms with Gasteiger partial charge in [0.15, 0.2) is 0 Å². The van der Waals surface area contributed by atoms with Crippen molar-refractivity contribution in [2.75, 3.05) is 6.54 Å². The Morgan fingerprint density at radius 2 is 1.62 bits per heavy atom. The first-order chi connectivity index (χ1) is 15.5. The smallest absolute Gasteiger partial charge is 0.408 e. The molecule has 0 fully saturated rings. The van der Waals surface area contributed by atoms with Gasteiger partial charge in [0, 0.05) is 12.1 Å². The maximum atomic E-state index is 13.9. The van der Waals surface area contributed by atoms with E-state index in [0.29, 0.717) is 13.0 Å². The average Bonchev–Trinajstić information content (AvgIpc) is 2.63. The Bertz CT molecular complexity index is 866. The van der Waals surface area contributed by atoms with Crippen molar-refractivity contribution in [2.45, 2.75) is 106 Å². The summed E-state index contributed by atoms with van der Waals surface area (Å²) < 4.78 is 5.40. The van der Waals surface area contributed by atoms with Crippen LogP contribution in [0.2, 0.25) is 0 Å². The Labute approximate surface area is 206 Å². The number of alkyl carbamates (subject to hydrolysis) is 1. The van der Waals surface area contributed by atoms with Gasteiger partial charge < -0.3 is 20.3 Å². The molecule has 7 heteroatoms. The van der Waals surface area contributed by atoms with E-state index in [4.69, 9.17) is 4.74 Å². The Hall–Kier alpha value is -2.57. The summed E-state index contributed by atoms with van der Waals surface area (Å²) in [5.74, 6) is -0.761. The van der Waals surface area contributed by atoms with E-state index in [1.54, 1.807) is 25.7 Å². The van der Waals surface area contributed by atoms with Crippen molar-refractivity contribution in [3.8, 4) is 0 Å². The van der Waals surface area contributed by atoms with Gasteiger partial charge in [0.25, 0.3) is 0 Å². The molecule has 0 bridgehead atoms. The Kier molecular flexibility index (Phi) is 10.2. The summed E-state index contributed by atoms with van der Waals surface area (Å²) in [6, 6.07) is 4.22. The van der Waals surface area contributed by atoms with Gasteiger partial charge in [-0.25, -0.2) is 4.79 Å². The maximum absolute atomic E-state index is 13.9. The predicted molar refractivity (Wildman–Crippen MR) is 137 cm³/mol. The highest BCUT2D eigenvalue weighted by Crippen LogP contribution is 2.28. The van der Waals surface area contributed by atoms with Crippen LogP contribution >= 0.6 is 0 Å². The summed E-state index contributed by atoms with van der Waals surface area (Å²) in [4.78, 5) is 41.6. The van der Waals surface area contributed by atoms with Gasteiger partial charge in [-0.2, -0.15) is 0 Å². The van der Waals surface area contributed by atoms with Gasteiger partial charge in [-0.1, -0.05) is 44.5 Å². The highest BCUT2D eigenvalue weighted by atomic mass is 16.6. The molecule has 2 atom stereocenters. The zero-order valence-electron chi connectivity index (χ0n) is 23.0. The Morgan fingerprint density at radius 1 is 1.03 bits per heavy atom. The van der Waals surface area contributed by atoms with E-state index in [9.17, 15) is 14.4 Å². The number of carbonyl (C=O) groups is 3. The van der Waals surface area contributed by atoms with Crippen molar-refractivity contribution in [3.05, 3.63) is 34.9 Å². The molecule has 2 N–H and O–H groups in total. The largest absolute Gasteiger partial charge is 0.444 e. The Morgan fingerprint density at radius 3 is 2.06 bits per heavy atom. The minimum atomic E-state index is -0.836. The number of hydrogen-bond donors (Lipinski definition) is 2.